The second-order valence-electron chi connectivity index (χ2n) is 26.6. The average molecular weight is 1430 g/mol. The number of ether oxygens (including phenoxy) is 10. The van der Waals surface area contributed by atoms with E-state index in [9.17, 15) is 15.8 Å². The van der Waals surface area contributed by atoms with E-state index in [1.165, 1.54) is 137 Å². The van der Waals surface area contributed by atoms with E-state index in [0.717, 1.165) is 25.7 Å². The SMILES string of the molecule is CCCCCCCCCCCCCCCCCCOC[C@H](COP(=O)(Oc1cccc(C[C@H]2O[C@@](C#N)(c3ccc4c(N)ncnn34)[C@@H]3OC(C)(C)O[C@@H]32)c1Cl)Oc1cccc(C[C@H]2O[C@@](C#N)(c3ccc4c(N)ncnn34)[C@@H]3OC(C)(C)O[C@@H]32)c1Cl)Oc1cc(OC)c(C#N)c(OC)c1. The fourth-order valence-corrected chi connectivity index (χ4v) is 15.7. The highest BCUT2D eigenvalue weighted by Crippen LogP contribution is 2.56. The summed E-state index contributed by atoms with van der Waals surface area (Å²) in [5, 5.41) is 41.2. The van der Waals surface area contributed by atoms with Gasteiger partial charge in [-0.2, -0.15) is 26.0 Å². The summed E-state index contributed by atoms with van der Waals surface area (Å²) in [4.78, 5) is 8.24. The van der Waals surface area contributed by atoms with E-state index < -0.39 is 79.9 Å². The van der Waals surface area contributed by atoms with Crippen molar-refractivity contribution in [3.05, 3.63) is 124 Å². The Labute approximate surface area is 593 Å². The van der Waals surface area contributed by atoms with E-state index >= 15 is 4.57 Å². The molecule has 28 heteroatoms. The zero-order valence-electron chi connectivity index (χ0n) is 57.6. The van der Waals surface area contributed by atoms with Crippen molar-refractivity contribution in [2.45, 2.75) is 216 Å². The average Bonchev–Trinajstić information content (AvgIpc) is 1.56. The molecule has 0 amide bonds. The first-order valence-electron chi connectivity index (χ1n) is 34.4. The Balaban J connectivity index is 0.854. The molecule has 25 nitrogen and oxygen atoms in total. The third-order valence-electron chi connectivity index (χ3n) is 18.6. The summed E-state index contributed by atoms with van der Waals surface area (Å²) in [5.41, 5.74) is 11.6. The Morgan fingerprint density at radius 2 is 1.03 bits per heavy atom. The summed E-state index contributed by atoms with van der Waals surface area (Å²) in [6.45, 7) is 9.08. The van der Waals surface area contributed by atoms with Crippen LogP contribution in [0.25, 0.3) is 11.0 Å². The van der Waals surface area contributed by atoms with Gasteiger partial charge in [0.05, 0.1) is 54.5 Å². The summed E-state index contributed by atoms with van der Waals surface area (Å²) >= 11 is 14.8. The van der Waals surface area contributed by atoms with E-state index in [-0.39, 0.29) is 75.4 Å². The van der Waals surface area contributed by atoms with Gasteiger partial charge in [0.1, 0.15) is 102 Å². The van der Waals surface area contributed by atoms with Crippen LogP contribution in [-0.2, 0) is 66.3 Å². The zero-order valence-corrected chi connectivity index (χ0v) is 60.0. The van der Waals surface area contributed by atoms with Crippen LogP contribution in [0.1, 0.15) is 165 Å². The molecule has 0 aliphatic carbocycles. The third kappa shape index (κ3) is 16.0. The first kappa shape index (κ1) is 73.7. The molecule has 4 N–H and O–H groups in total. The number of aromatic nitrogens is 6. The van der Waals surface area contributed by atoms with Crippen LogP contribution in [-0.4, -0.2) is 118 Å². The number of nitrogen functional groups attached to an aromatic ring is 2. The van der Waals surface area contributed by atoms with E-state index in [2.05, 4.69) is 45.3 Å². The number of hydrogen-bond acceptors (Lipinski definition) is 23. The maximum atomic E-state index is 16.1. The van der Waals surface area contributed by atoms with Crippen molar-refractivity contribution in [1.82, 2.24) is 29.2 Å². The fourth-order valence-electron chi connectivity index (χ4n) is 13.8. The molecule has 0 radical (unpaired) electrons. The lowest BCUT2D eigenvalue weighted by atomic mass is 9.91. The molecule has 9 atom stereocenters. The van der Waals surface area contributed by atoms with Crippen molar-refractivity contribution in [1.29, 1.82) is 15.8 Å². The van der Waals surface area contributed by atoms with Gasteiger partial charge in [-0.15, -0.1) is 0 Å². The minimum atomic E-state index is -5.04. The molecule has 0 spiro atoms. The van der Waals surface area contributed by atoms with Gasteiger partial charge >= 0.3 is 7.82 Å². The molecular weight excluding hydrogens is 1340 g/mol. The standard InChI is InChI=1S/C72H88Cl2N11O14P/c1-8-9-10-11-12-13-14-15-16-17-18-19-20-21-22-23-34-89-40-49(91-48-37-55(87-6)50(39-75)56(38-48)88-7)41-90-100(86,98-53-28-24-26-46(61(53)73)35-57-63-65(96-69(2,3)94-63)71(42-76,92-57)59-32-30-51-67(78)80-44-82-84(51)59)99-54-29-25-27-47(62(54)74)36-58-64-66(97-70(4,5)95-64)72(43-77,93-58)60-33-31-52-68(79)81-45-83-85(52)60/h24-33,37-38,44-45,49,57-58,63-66H,8-23,34-36,40-41H2,1-7H3,(H2,78,80,82)(H2,79,81,83)/t49-,57-,58-,63-,64-,65-,66-,71+,72+/m1/s1. The Kier molecular flexibility index (Phi) is 23.7. The number of methoxy groups -OCH3 is 2. The number of nitriles is 3. The van der Waals surface area contributed by atoms with Gasteiger partial charge in [-0.3, -0.25) is 4.52 Å². The summed E-state index contributed by atoms with van der Waals surface area (Å²) < 4.78 is 102. The molecular formula is C72H88Cl2N11O14P. The zero-order chi connectivity index (χ0) is 70.8. The fraction of sp³-hybridized carbons (Fsp3) is 0.542. The molecule has 4 aliphatic heterocycles. The number of halogens is 2. The number of nitrogens with zero attached hydrogens (tertiary/aromatic N) is 9. The number of phosphoric acid groups is 1. The first-order valence-corrected chi connectivity index (χ1v) is 36.6. The lowest BCUT2D eigenvalue weighted by Crippen LogP contribution is -2.40. The summed E-state index contributed by atoms with van der Waals surface area (Å²) in [5.74, 6) is -1.57. The molecule has 0 saturated carbocycles. The van der Waals surface area contributed by atoms with Gasteiger partial charge in [0.15, 0.2) is 34.7 Å². The van der Waals surface area contributed by atoms with Gasteiger partial charge in [0, 0.05) is 31.6 Å². The lowest BCUT2D eigenvalue weighted by molar-refractivity contribution is -0.201. The van der Waals surface area contributed by atoms with Crippen LogP contribution in [0.5, 0.6) is 28.7 Å². The normalized spacial score (nSPS) is 23.0. The van der Waals surface area contributed by atoms with Crippen molar-refractivity contribution < 1.29 is 65.5 Å². The lowest BCUT2D eigenvalue weighted by Gasteiger charge is -2.29. The molecule has 7 aromatic rings. The van der Waals surface area contributed by atoms with Crippen LogP contribution < -0.4 is 34.7 Å². The van der Waals surface area contributed by atoms with Crippen molar-refractivity contribution in [2.75, 3.05) is 45.5 Å². The van der Waals surface area contributed by atoms with Gasteiger partial charge in [0.2, 0.25) is 11.2 Å². The van der Waals surface area contributed by atoms with Crippen LogP contribution in [0.15, 0.2) is 85.5 Å². The Morgan fingerprint density at radius 3 is 1.45 bits per heavy atom. The van der Waals surface area contributed by atoms with E-state index in [1.807, 2.05) is 0 Å². The van der Waals surface area contributed by atoms with Crippen LogP contribution in [0.2, 0.25) is 10.0 Å². The van der Waals surface area contributed by atoms with Gasteiger partial charge < -0.3 is 67.9 Å². The number of phosphoric ester groups is 1. The topological polar surface area (TPSA) is 321 Å². The maximum Gasteiger partial charge on any atom is 0.587 e. The van der Waals surface area contributed by atoms with Crippen LogP contribution in [0.3, 0.4) is 0 Å². The third-order valence-corrected chi connectivity index (χ3v) is 20.8. The molecule has 3 aromatic carbocycles. The number of anilines is 2. The number of fused-ring (bicyclic) bond motifs is 4. The quantitative estimate of drug-likeness (QED) is 0.0272. The number of benzene rings is 3. The van der Waals surface area contributed by atoms with E-state index in [1.54, 1.807) is 76.2 Å². The predicted octanol–water partition coefficient (Wildman–Crippen LogP) is 14.2. The molecule has 4 fully saturated rings. The largest absolute Gasteiger partial charge is 0.587 e. The monoisotopic (exact) mass is 1430 g/mol. The molecule has 534 valence electrons. The van der Waals surface area contributed by atoms with Gasteiger partial charge in [-0.05, 0) is 81.6 Å². The molecule has 4 aromatic heterocycles. The maximum absolute atomic E-state index is 16.1. The number of unbranched alkanes of at least 4 members (excludes halogenated alkanes) is 15. The molecule has 4 aliphatic rings. The Morgan fingerprint density at radius 1 is 0.590 bits per heavy atom. The van der Waals surface area contributed by atoms with Gasteiger partial charge in [0.25, 0.3) is 0 Å². The summed E-state index contributed by atoms with van der Waals surface area (Å²) in [7, 11) is -2.19. The molecule has 11 rings (SSSR count). The molecule has 4 saturated heterocycles. The predicted molar refractivity (Wildman–Crippen MR) is 371 cm³/mol. The van der Waals surface area contributed by atoms with Gasteiger partial charge in [-0.25, -0.2) is 23.6 Å². The molecule has 0 bridgehead atoms. The molecule has 0 unspecified atom stereocenters. The minimum Gasteiger partial charge on any atom is -0.495 e. The Hall–Kier alpha value is -7.54. The summed E-state index contributed by atoms with van der Waals surface area (Å²) in [6, 6.07) is 26.5. The van der Waals surface area contributed by atoms with Crippen LogP contribution in [0, 0.1) is 34.0 Å². The van der Waals surface area contributed by atoms with Crippen molar-refractivity contribution >= 4 is 53.7 Å². The minimum absolute atomic E-state index is 0.0107. The van der Waals surface area contributed by atoms with E-state index in [0.29, 0.717) is 40.2 Å². The van der Waals surface area contributed by atoms with Crippen LogP contribution in [0.4, 0.5) is 11.6 Å². The second kappa shape index (κ2) is 32.2. The highest BCUT2D eigenvalue weighted by molar-refractivity contribution is 7.49. The number of hydrogen-bond donors (Lipinski definition) is 2. The van der Waals surface area contributed by atoms with Crippen molar-refractivity contribution in [2.24, 2.45) is 0 Å². The first-order chi connectivity index (χ1) is 48.2. The van der Waals surface area contributed by atoms with Crippen LogP contribution >= 0.6 is 31.0 Å². The Bertz CT molecular complexity index is 3960. The van der Waals surface area contributed by atoms with Crippen molar-refractivity contribution in [3.8, 4) is 47.0 Å². The molecule has 8 heterocycles. The molecule has 100 heavy (non-hydrogen) atoms. The second-order valence-corrected chi connectivity index (χ2v) is 28.9. The number of nitrogens with two attached hydrogens (primary N) is 2. The smallest absolute Gasteiger partial charge is 0.495 e. The van der Waals surface area contributed by atoms with E-state index in [4.69, 9.17) is 95.6 Å². The van der Waals surface area contributed by atoms with Gasteiger partial charge in [-0.1, -0.05) is 151 Å². The highest BCUT2D eigenvalue weighted by Gasteiger charge is 2.67. The summed E-state index contributed by atoms with van der Waals surface area (Å²) in [6.07, 6.45) is 15.9. The number of rotatable bonds is 36. The highest BCUT2D eigenvalue weighted by atomic mass is 35.5. The van der Waals surface area contributed by atoms with Crippen molar-refractivity contribution in [3.63, 3.8) is 0 Å².